The Bertz CT molecular complexity index is 1150. The molecule has 3 aromatic rings. The summed E-state index contributed by atoms with van der Waals surface area (Å²) >= 11 is 0. The number of amides is 1. The number of anilines is 2. The van der Waals surface area contributed by atoms with Crippen LogP contribution in [0, 0.1) is 19.8 Å². The lowest BCUT2D eigenvalue weighted by atomic mass is 9.96. The zero-order valence-corrected chi connectivity index (χ0v) is 17.7. The molecule has 4 heterocycles. The maximum absolute atomic E-state index is 13.0. The molecule has 1 N–H and O–H groups in total. The van der Waals surface area contributed by atoms with Gasteiger partial charge < -0.3 is 19.7 Å². The van der Waals surface area contributed by atoms with Crippen molar-refractivity contribution < 1.29 is 14.3 Å². The fraction of sp³-hybridized carbons (Fsp3) is 0.391. The number of ether oxygens (including phenoxy) is 2. The van der Waals surface area contributed by atoms with E-state index in [9.17, 15) is 4.79 Å². The molecule has 0 spiro atoms. The lowest BCUT2D eigenvalue weighted by molar-refractivity contribution is -0.120. The van der Waals surface area contributed by atoms with E-state index >= 15 is 0 Å². The van der Waals surface area contributed by atoms with Gasteiger partial charge in [0.25, 0.3) is 0 Å². The molecule has 2 aliphatic rings. The van der Waals surface area contributed by atoms with E-state index in [1.807, 2.05) is 44.3 Å². The highest BCUT2D eigenvalue weighted by atomic mass is 16.6. The van der Waals surface area contributed by atoms with Crippen molar-refractivity contribution >= 4 is 28.4 Å². The third-order valence-corrected chi connectivity index (χ3v) is 5.89. The van der Waals surface area contributed by atoms with Crippen LogP contribution in [0.25, 0.3) is 11.2 Å². The maximum atomic E-state index is 13.0. The number of carbonyl (C=O) groups is 1. The Kier molecular flexibility index (Phi) is 5.05. The highest BCUT2D eigenvalue weighted by Gasteiger charge is 2.27. The zero-order chi connectivity index (χ0) is 21.4. The van der Waals surface area contributed by atoms with Gasteiger partial charge in [0.15, 0.2) is 17.1 Å². The van der Waals surface area contributed by atoms with Crippen LogP contribution in [0.4, 0.5) is 11.4 Å². The van der Waals surface area contributed by atoms with Crippen LogP contribution in [-0.4, -0.2) is 47.2 Å². The zero-order valence-electron chi connectivity index (χ0n) is 17.7. The number of nitrogens with zero attached hydrogens (tertiary/aromatic N) is 4. The van der Waals surface area contributed by atoms with Gasteiger partial charge in [-0.05, 0) is 44.9 Å². The average molecular weight is 419 g/mol. The van der Waals surface area contributed by atoms with Crippen molar-refractivity contribution in [3.8, 4) is 11.5 Å². The maximum Gasteiger partial charge on any atom is 0.229 e. The van der Waals surface area contributed by atoms with Gasteiger partial charge in [-0.15, -0.1) is 0 Å². The van der Waals surface area contributed by atoms with Crippen LogP contribution in [0.2, 0.25) is 0 Å². The molecule has 0 bridgehead atoms. The number of pyridine rings is 1. The quantitative estimate of drug-likeness (QED) is 0.697. The molecule has 8 nitrogen and oxygen atoms in total. The standard InChI is InChI=1S/C23H25N5O3/c1-14-15(2)26-22-19(25-14)11-18(12-24-22)28-7-3-4-16(13-28)23(29)27-17-5-6-20-21(10-17)31-9-8-30-20/h5-6,10-12,16H,3-4,7-9,13H2,1-2H3,(H,27,29)/t16-/m0/s1. The molecule has 0 radical (unpaired) electrons. The summed E-state index contributed by atoms with van der Waals surface area (Å²) in [5.41, 5.74) is 4.92. The summed E-state index contributed by atoms with van der Waals surface area (Å²) in [7, 11) is 0. The van der Waals surface area contributed by atoms with Crippen LogP contribution in [0.3, 0.4) is 0 Å². The molecule has 2 aromatic heterocycles. The minimum Gasteiger partial charge on any atom is -0.486 e. The van der Waals surface area contributed by atoms with E-state index in [4.69, 9.17) is 9.47 Å². The number of hydrogen-bond donors (Lipinski definition) is 1. The number of piperidine rings is 1. The Labute approximate surface area is 180 Å². The van der Waals surface area contributed by atoms with E-state index in [2.05, 4.69) is 25.2 Å². The second-order valence-electron chi connectivity index (χ2n) is 8.06. The van der Waals surface area contributed by atoms with Crippen LogP contribution in [0.1, 0.15) is 24.2 Å². The van der Waals surface area contributed by atoms with Crippen molar-refractivity contribution in [2.45, 2.75) is 26.7 Å². The number of hydrogen-bond acceptors (Lipinski definition) is 7. The van der Waals surface area contributed by atoms with Gasteiger partial charge in [0.1, 0.15) is 18.7 Å². The molecule has 2 aliphatic heterocycles. The highest BCUT2D eigenvalue weighted by molar-refractivity contribution is 5.93. The van der Waals surface area contributed by atoms with Crippen LogP contribution >= 0.6 is 0 Å². The summed E-state index contributed by atoms with van der Waals surface area (Å²) in [5.74, 6) is 1.29. The molecule has 0 unspecified atom stereocenters. The third-order valence-electron chi connectivity index (χ3n) is 5.89. The lowest BCUT2D eigenvalue weighted by Crippen LogP contribution is -2.40. The van der Waals surface area contributed by atoms with Crippen LogP contribution in [0.5, 0.6) is 11.5 Å². The molecule has 5 rings (SSSR count). The van der Waals surface area contributed by atoms with E-state index in [1.165, 1.54) is 0 Å². The number of aromatic nitrogens is 3. The van der Waals surface area contributed by atoms with Crippen molar-refractivity contribution in [3.63, 3.8) is 0 Å². The van der Waals surface area contributed by atoms with E-state index in [1.54, 1.807) is 0 Å². The Morgan fingerprint density at radius 3 is 2.77 bits per heavy atom. The number of rotatable bonds is 3. The molecule has 1 aromatic carbocycles. The topological polar surface area (TPSA) is 89.5 Å². The summed E-state index contributed by atoms with van der Waals surface area (Å²) in [5, 5.41) is 3.04. The predicted octanol–water partition coefficient (Wildman–Crippen LogP) is 3.27. The largest absolute Gasteiger partial charge is 0.486 e. The van der Waals surface area contributed by atoms with E-state index in [0.29, 0.717) is 36.9 Å². The minimum atomic E-state index is -0.108. The first-order valence-electron chi connectivity index (χ1n) is 10.6. The van der Waals surface area contributed by atoms with E-state index in [0.717, 1.165) is 47.7 Å². The minimum absolute atomic E-state index is 0.0152. The monoisotopic (exact) mass is 419 g/mol. The number of aryl methyl sites for hydroxylation is 2. The fourth-order valence-corrected chi connectivity index (χ4v) is 4.07. The number of fused-ring (bicyclic) bond motifs is 2. The third kappa shape index (κ3) is 3.97. The Hall–Kier alpha value is -3.42. The van der Waals surface area contributed by atoms with Crippen molar-refractivity contribution in [3.05, 3.63) is 41.9 Å². The second-order valence-corrected chi connectivity index (χ2v) is 8.06. The Morgan fingerprint density at radius 2 is 1.90 bits per heavy atom. The summed E-state index contributed by atoms with van der Waals surface area (Å²) in [6, 6.07) is 7.52. The summed E-state index contributed by atoms with van der Waals surface area (Å²) in [4.78, 5) is 28.8. The average Bonchev–Trinajstić information content (AvgIpc) is 2.79. The van der Waals surface area contributed by atoms with Crippen molar-refractivity contribution in [1.29, 1.82) is 0 Å². The molecule has 31 heavy (non-hydrogen) atoms. The number of nitrogens with one attached hydrogen (secondary N) is 1. The number of carbonyl (C=O) groups excluding carboxylic acids is 1. The van der Waals surface area contributed by atoms with Crippen molar-refractivity contribution in [2.24, 2.45) is 5.92 Å². The van der Waals surface area contributed by atoms with Crippen molar-refractivity contribution in [2.75, 3.05) is 36.5 Å². The van der Waals surface area contributed by atoms with Crippen LogP contribution in [-0.2, 0) is 4.79 Å². The Morgan fingerprint density at radius 1 is 1.10 bits per heavy atom. The molecule has 1 atom stereocenters. The Balaban J connectivity index is 1.30. The van der Waals surface area contributed by atoms with Crippen LogP contribution in [0.15, 0.2) is 30.5 Å². The molecular weight excluding hydrogens is 394 g/mol. The van der Waals surface area contributed by atoms with Gasteiger partial charge in [0, 0.05) is 24.8 Å². The molecular formula is C23H25N5O3. The molecule has 0 aliphatic carbocycles. The second kappa shape index (κ2) is 8.02. The van der Waals surface area contributed by atoms with Gasteiger partial charge in [0.2, 0.25) is 5.91 Å². The molecule has 0 saturated carbocycles. The highest BCUT2D eigenvalue weighted by Crippen LogP contribution is 2.33. The first kappa shape index (κ1) is 19.5. The molecule has 1 saturated heterocycles. The first-order valence-corrected chi connectivity index (χ1v) is 10.6. The van der Waals surface area contributed by atoms with Gasteiger partial charge in [-0.3, -0.25) is 4.79 Å². The molecule has 1 amide bonds. The fourth-order valence-electron chi connectivity index (χ4n) is 4.07. The van der Waals surface area contributed by atoms with Gasteiger partial charge in [-0.1, -0.05) is 0 Å². The van der Waals surface area contributed by atoms with Crippen LogP contribution < -0.4 is 19.7 Å². The first-order chi connectivity index (χ1) is 15.1. The lowest BCUT2D eigenvalue weighted by Gasteiger charge is -2.33. The van der Waals surface area contributed by atoms with Gasteiger partial charge in [0.05, 0.1) is 29.2 Å². The molecule has 1 fully saturated rings. The predicted molar refractivity (Wildman–Crippen MR) is 118 cm³/mol. The van der Waals surface area contributed by atoms with Gasteiger partial charge >= 0.3 is 0 Å². The smallest absolute Gasteiger partial charge is 0.229 e. The SMILES string of the molecule is Cc1nc2cc(N3CCC[C@H](C(=O)Nc4ccc5c(c4)OCCO5)C3)cnc2nc1C. The normalized spacial score (nSPS) is 18.1. The van der Waals surface area contributed by atoms with E-state index in [-0.39, 0.29) is 11.8 Å². The molecule has 160 valence electrons. The summed E-state index contributed by atoms with van der Waals surface area (Å²) in [6.07, 6.45) is 3.62. The summed E-state index contributed by atoms with van der Waals surface area (Å²) < 4.78 is 11.2. The van der Waals surface area contributed by atoms with Crippen molar-refractivity contribution in [1.82, 2.24) is 15.0 Å². The summed E-state index contributed by atoms with van der Waals surface area (Å²) in [6.45, 7) is 6.48. The molecule has 8 heteroatoms. The number of benzene rings is 1. The van der Waals surface area contributed by atoms with Gasteiger partial charge in [-0.25, -0.2) is 15.0 Å². The van der Waals surface area contributed by atoms with E-state index < -0.39 is 0 Å². The van der Waals surface area contributed by atoms with Gasteiger partial charge in [-0.2, -0.15) is 0 Å².